The molecule has 4 aromatic rings. The molecule has 1 N–H and O–H groups in total. The summed E-state index contributed by atoms with van der Waals surface area (Å²) < 4.78 is 4.39. The first-order chi connectivity index (χ1) is 18.2. The number of benzene rings is 2. The maximum absolute atomic E-state index is 13.2. The molecule has 38 heavy (non-hydrogen) atoms. The van der Waals surface area contributed by atoms with Gasteiger partial charge in [0.15, 0.2) is 11.2 Å². The average molecular weight is 536 g/mol. The van der Waals surface area contributed by atoms with E-state index in [4.69, 9.17) is 16.6 Å². The standard InChI is InChI=1S/C27H30ClN7O3/c1-18-4-10-21(11-5-18)29-22(36)17-33-12-14-34(15-13-33)26-30-24-23(25(37)32(3)27(38)31(24)2)35(26)16-19-6-8-20(28)9-7-19/h4-11H,12-17H2,1-3H3,(H,29,36). The van der Waals surface area contributed by atoms with E-state index < -0.39 is 5.69 Å². The minimum Gasteiger partial charge on any atom is -0.340 e. The number of fused-ring (bicyclic) bond motifs is 1. The highest BCUT2D eigenvalue weighted by Crippen LogP contribution is 2.23. The summed E-state index contributed by atoms with van der Waals surface area (Å²) in [6.07, 6.45) is 0. The van der Waals surface area contributed by atoms with Crippen LogP contribution >= 0.6 is 11.6 Å². The zero-order valence-corrected chi connectivity index (χ0v) is 22.4. The molecule has 0 saturated carbocycles. The third-order valence-corrected chi connectivity index (χ3v) is 7.19. The van der Waals surface area contributed by atoms with Crippen molar-refractivity contribution in [1.82, 2.24) is 23.6 Å². The lowest BCUT2D eigenvalue weighted by Crippen LogP contribution is -2.49. The first kappa shape index (κ1) is 25.7. The zero-order chi connectivity index (χ0) is 27.0. The topological polar surface area (TPSA) is 97.4 Å². The number of aryl methyl sites for hydroxylation is 2. The molecule has 2 aromatic heterocycles. The van der Waals surface area contributed by atoms with Gasteiger partial charge in [0, 0.05) is 51.0 Å². The lowest BCUT2D eigenvalue weighted by molar-refractivity contribution is -0.117. The molecule has 1 amide bonds. The van der Waals surface area contributed by atoms with Crippen LogP contribution in [0.3, 0.4) is 0 Å². The summed E-state index contributed by atoms with van der Waals surface area (Å²) in [5.41, 5.74) is 2.79. The van der Waals surface area contributed by atoms with Gasteiger partial charge in [-0.3, -0.25) is 28.2 Å². The normalized spacial score (nSPS) is 14.3. The molecule has 0 radical (unpaired) electrons. The molecule has 0 spiro atoms. The van der Waals surface area contributed by atoms with Crippen LogP contribution in [0.5, 0.6) is 0 Å². The number of nitrogens with one attached hydrogen (secondary N) is 1. The van der Waals surface area contributed by atoms with E-state index in [1.807, 2.05) is 60.0 Å². The van der Waals surface area contributed by atoms with Crippen LogP contribution in [0.1, 0.15) is 11.1 Å². The van der Waals surface area contributed by atoms with E-state index in [0.29, 0.717) is 54.9 Å². The first-order valence-electron chi connectivity index (χ1n) is 12.5. The van der Waals surface area contributed by atoms with Crippen LogP contribution in [0.25, 0.3) is 11.2 Å². The minimum absolute atomic E-state index is 0.0595. The number of hydrogen-bond donors (Lipinski definition) is 1. The van der Waals surface area contributed by atoms with Crippen LogP contribution in [0, 0.1) is 6.92 Å². The molecule has 198 valence electrons. The van der Waals surface area contributed by atoms with Crippen molar-refractivity contribution in [3.8, 4) is 0 Å². The highest BCUT2D eigenvalue weighted by molar-refractivity contribution is 6.30. The first-order valence-corrected chi connectivity index (χ1v) is 12.8. The van der Waals surface area contributed by atoms with E-state index in [1.54, 1.807) is 7.05 Å². The molecule has 0 aliphatic carbocycles. The third kappa shape index (κ3) is 5.09. The SMILES string of the molecule is Cc1ccc(NC(=O)CN2CCN(c3nc4c(c(=O)n(C)c(=O)n4C)n3Cc3ccc(Cl)cc3)CC2)cc1. The molecule has 2 aromatic carbocycles. The molecule has 5 rings (SSSR count). The van der Waals surface area contributed by atoms with Crippen molar-refractivity contribution >= 4 is 40.3 Å². The lowest BCUT2D eigenvalue weighted by atomic mass is 10.2. The van der Waals surface area contributed by atoms with Crippen LogP contribution in [-0.4, -0.2) is 62.2 Å². The van der Waals surface area contributed by atoms with Gasteiger partial charge in [0.1, 0.15) is 0 Å². The van der Waals surface area contributed by atoms with Gasteiger partial charge in [-0.1, -0.05) is 41.4 Å². The number of carbonyl (C=O) groups excluding carboxylic acids is 1. The Hall–Kier alpha value is -3.89. The van der Waals surface area contributed by atoms with Gasteiger partial charge in [-0.15, -0.1) is 0 Å². The van der Waals surface area contributed by atoms with Gasteiger partial charge in [-0.05, 0) is 36.8 Å². The van der Waals surface area contributed by atoms with Gasteiger partial charge >= 0.3 is 5.69 Å². The average Bonchev–Trinajstić information content (AvgIpc) is 3.28. The lowest BCUT2D eigenvalue weighted by Gasteiger charge is -2.35. The Balaban J connectivity index is 1.38. The monoisotopic (exact) mass is 535 g/mol. The van der Waals surface area contributed by atoms with Gasteiger partial charge in [-0.25, -0.2) is 4.79 Å². The Morgan fingerprint density at radius 1 is 0.947 bits per heavy atom. The Morgan fingerprint density at radius 3 is 2.26 bits per heavy atom. The van der Waals surface area contributed by atoms with E-state index in [0.717, 1.165) is 21.4 Å². The summed E-state index contributed by atoms with van der Waals surface area (Å²) in [5, 5.41) is 3.58. The van der Waals surface area contributed by atoms with E-state index in [1.165, 1.54) is 11.6 Å². The molecule has 1 aliphatic heterocycles. The summed E-state index contributed by atoms with van der Waals surface area (Å²) in [6, 6.07) is 15.2. The van der Waals surface area contributed by atoms with E-state index in [2.05, 4.69) is 15.1 Å². The number of hydrogen-bond acceptors (Lipinski definition) is 6. The fourth-order valence-corrected chi connectivity index (χ4v) is 4.87. The minimum atomic E-state index is -0.422. The van der Waals surface area contributed by atoms with Crippen molar-refractivity contribution in [1.29, 1.82) is 0 Å². The van der Waals surface area contributed by atoms with E-state index in [-0.39, 0.29) is 18.0 Å². The third-order valence-electron chi connectivity index (χ3n) is 6.94. The van der Waals surface area contributed by atoms with Crippen LogP contribution in [-0.2, 0) is 25.4 Å². The number of rotatable bonds is 6. The number of aromatic nitrogens is 4. The molecule has 10 nitrogen and oxygen atoms in total. The summed E-state index contributed by atoms with van der Waals surface area (Å²) in [4.78, 5) is 47.4. The van der Waals surface area contributed by atoms with Gasteiger partial charge in [0.2, 0.25) is 11.9 Å². The smallest absolute Gasteiger partial charge is 0.332 e. The summed E-state index contributed by atoms with van der Waals surface area (Å²) >= 11 is 6.08. The second-order valence-electron chi connectivity index (χ2n) is 9.68. The van der Waals surface area contributed by atoms with Crippen molar-refractivity contribution in [2.24, 2.45) is 14.1 Å². The van der Waals surface area contributed by atoms with Crippen LogP contribution in [0.4, 0.5) is 11.6 Å². The predicted octanol–water partition coefficient (Wildman–Crippen LogP) is 2.20. The van der Waals surface area contributed by atoms with Crippen LogP contribution < -0.4 is 21.5 Å². The van der Waals surface area contributed by atoms with Crippen molar-refractivity contribution in [2.45, 2.75) is 13.5 Å². The molecule has 1 saturated heterocycles. The van der Waals surface area contributed by atoms with Crippen molar-refractivity contribution in [3.05, 3.63) is 85.5 Å². The quantitative estimate of drug-likeness (QED) is 0.406. The van der Waals surface area contributed by atoms with Gasteiger partial charge in [-0.2, -0.15) is 4.98 Å². The zero-order valence-electron chi connectivity index (χ0n) is 21.6. The predicted molar refractivity (Wildman–Crippen MR) is 149 cm³/mol. The maximum atomic E-state index is 13.2. The molecule has 3 heterocycles. The molecule has 1 aliphatic rings. The molecular formula is C27H30ClN7O3. The fraction of sp³-hybridized carbons (Fsp3) is 0.333. The number of nitrogens with zero attached hydrogens (tertiary/aromatic N) is 6. The fourth-order valence-electron chi connectivity index (χ4n) is 4.75. The molecule has 0 atom stereocenters. The Kier molecular flexibility index (Phi) is 7.09. The molecule has 11 heteroatoms. The highest BCUT2D eigenvalue weighted by Gasteiger charge is 2.26. The van der Waals surface area contributed by atoms with Gasteiger partial charge < -0.3 is 10.2 Å². The number of anilines is 2. The second kappa shape index (κ2) is 10.5. The Labute approximate surface area is 224 Å². The number of piperazine rings is 1. The van der Waals surface area contributed by atoms with Crippen LogP contribution in [0.15, 0.2) is 58.1 Å². The number of imidazole rings is 1. The molecule has 0 bridgehead atoms. The van der Waals surface area contributed by atoms with E-state index >= 15 is 0 Å². The summed E-state index contributed by atoms with van der Waals surface area (Å²) in [7, 11) is 3.10. The number of amides is 1. The largest absolute Gasteiger partial charge is 0.340 e. The molecule has 0 unspecified atom stereocenters. The van der Waals surface area contributed by atoms with Crippen molar-refractivity contribution in [3.63, 3.8) is 0 Å². The van der Waals surface area contributed by atoms with Gasteiger partial charge in [0.25, 0.3) is 5.56 Å². The summed E-state index contributed by atoms with van der Waals surface area (Å²) in [5.74, 6) is 0.563. The molecule has 1 fully saturated rings. The number of halogens is 1. The Morgan fingerprint density at radius 2 is 1.61 bits per heavy atom. The molecular weight excluding hydrogens is 506 g/mol. The Bertz CT molecular complexity index is 1600. The summed E-state index contributed by atoms with van der Waals surface area (Å²) in [6.45, 7) is 5.25. The maximum Gasteiger partial charge on any atom is 0.332 e. The van der Waals surface area contributed by atoms with Crippen molar-refractivity contribution < 1.29 is 4.79 Å². The van der Waals surface area contributed by atoms with Crippen LogP contribution in [0.2, 0.25) is 5.02 Å². The highest BCUT2D eigenvalue weighted by atomic mass is 35.5. The second-order valence-corrected chi connectivity index (χ2v) is 10.1. The van der Waals surface area contributed by atoms with Crippen molar-refractivity contribution in [2.75, 3.05) is 42.9 Å². The number of carbonyl (C=O) groups is 1. The van der Waals surface area contributed by atoms with E-state index in [9.17, 15) is 14.4 Å². The van der Waals surface area contributed by atoms with Gasteiger partial charge in [0.05, 0.1) is 13.1 Å².